The molecule has 0 aliphatic carbocycles. The number of methoxy groups -OCH3 is 1. The quantitative estimate of drug-likeness (QED) is 0.416. The van der Waals surface area contributed by atoms with Crippen LogP contribution in [0.25, 0.3) is 0 Å². The summed E-state index contributed by atoms with van der Waals surface area (Å²) in [5.41, 5.74) is 7.84. The van der Waals surface area contributed by atoms with Crippen molar-refractivity contribution in [3.8, 4) is 0 Å². The minimum absolute atomic E-state index is 0.319. The molecule has 1 heterocycles. The molecule has 0 aliphatic heterocycles. The van der Waals surface area contributed by atoms with Gasteiger partial charge < -0.3 is 15.9 Å². The SMILES string of the molecule is COCc1nc(N)cc(NN)n1. The minimum Gasteiger partial charge on any atom is -0.384 e. The zero-order chi connectivity index (χ0) is 8.97. The van der Waals surface area contributed by atoms with E-state index in [-0.39, 0.29) is 0 Å². The second-order valence-corrected chi connectivity index (χ2v) is 2.17. The fourth-order valence-electron chi connectivity index (χ4n) is 0.785. The average molecular weight is 169 g/mol. The summed E-state index contributed by atoms with van der Waals surface area (Å²) in [5, 5.41) is 0. The van der Waals surface area contributed by atoms with Gasteiger partial charge in [0.05, 0.1) is 0 Å². The van der Waals surface area contributed by atoms with E-state index >= 15 is 0 Å². The number of nitrogen functional groups attached to an aromatic ring is 2. The van der Waals surface area contributed by atoms with Gasteiger partial charge in [-0.15, -0.1) is 0 Å². The summed E-state index contributed by atoms with van der Waals surface area (Å²) in [6, 6.07) is 1.54. The van der Waals surface area contributed by atoms with Crippen LogP contribution in [-0.4, -0.2) is 17.1 Å². The van der Waals surface area contributed by atoms with E-state index in [2.05, 4.69) is 15.4 Å². The summed E-state index contributed by atoms with van der Waals surface area (Å²) < 4.78 is 4.83. The molecule has 0 saturated heterocycles. The number of hydrogen-bond donors (Lipinski definition) is 3. The van der Waals surface area contributed by atoms with Crippen LogP contribution in [0.1, 0.15) is 5.82 Å². The smallest absolute Gasteiger partial charge is 0.158 e. The van der Waals surface area contributed by atoms with E-state index in [0.29, 0.717) is 24.1 Å². The van der Waals surface area contributed by atoms with Gasteiger partial charge in [-0.3, -0.25) is 0 Å². The Morgan fingerprint density at radius 1 is 1.58 bits per heavy atom. The molecule has 0 spiro atoms. The number of aromatic nitrogens is 2. The lowest BCUT2D eigenvalue weighted by molar-refractivity contribution is 0.178. The molecule has 5 N–H and O–H groups in total. The van der Waals surface area contributed by atoms with Gasteiger partial charge in [0.2, 0.25) is 0 Å². The Kier molecular flexibility index (Phi) is 2.78. The van der Waals surface area contributed by atoms with Crippen LogP contribution in [0.3, 0.4) is 0 Å². The van der Waals surface area contributed by atoms with Gasteiger partial charge in [-0.1, -0.05) is 0 Å². The Balaban J connectivity index is 2.90. The van der Waals surface area contributed by atoms with Gasteiger partial charge in [0, 0.05) is 13.2 Å². The third-order valence-corrected chi connectivity index (χ3v) is 1.21. The van der Waals surface area contributed by atoms with Gasteiger partial charge in [-0.05, 0) is 0 Å². The molecule has 0 amide bonds. The zero-order valence-electron chi connectivity index (χ0n) is 6.74. The monoisotopic (exact) mass is 169 g/mol. The standard InChI is InChI=1S/C6H11N5O/c1-12-3-6-9-4(7)2-5(10-6)11-8/h2H,3,8H2,1H3,(H3,7,9,10,11). The van der Waals surface area contributed by atoms with Crippen molar-refractivity contribution in [1.82, 2.24) is 9.97 Å². The van der Waals surface area contributed by atoms with Crippen LogP contribution in [0.4, 0.5) is 11.6 Å². The van der Waals surface area contributed by atoms with Gasteiger partial charge >= 0.3 is 0 Å². The summed E-state index contributed by atoms with van der Waals surface area (Å²) in [6.45, 7) is 0.319. The fourth-order valence-corrected chi connectivity index (χ4v) is 0.785. The molecule has 66 valence electrons. The normalized spacial score (nSPS) is 9.83. The first-order chi connectivity index (χ1) is 5.76. The second-order valence-electron chi connectivity index (χ2n) is 2.17. The van der Waals surface area contributed by atoms with Crippen LogP contribution in [0.5, 0.6) is 0 Å². The largest absolute Gasteiger partial charge is 0.384 e. The Hall–Kier alpha value is -1.40. The summed E-state index contributed by atoms with van der Waals surface area (Å²) in [5.74, 6) is 6.50. The number of hydrogen-bond acceptors (Lipinski definition) is 6. The number of anilines is 2. The third-order valence-electron chi connectivity index (χ3n) is 1.21. The van der Waals surface area contributed by atoms with Crippen molar-refractivity contribution in [3.05, 3.63) is 11.9 Å². The van der Waals surface area contributed by atoms with E-state index in [1.54, 1.807) is 13.2 Å². The Morgan fingerprint density at radius 2 is 2.33 bits per heavy atom. The predicted octanol–water partition coefficient (Wildman–Crippen LogP) is -0.509. The molecular weight excluding hydrogens is 158 g/mol. The lowest BCUT2D eigenvalue weighted by atomic mass is 10.5. The van der Waals surface area contributed by atoms with Gasteiger partial charge in [0.15, 0.2) is 5.82 Å². The number of rotatable bonds is 3. The van der Waals surface area contributed by atoms with E-state index in [1.807, 2.05) is 0 Å². The summed E-state index contributed by atoms with van der Waals surface area (Å²) in [6.07, 6.45) is 0. The number of ether oxygens (including phenoxy) is 1. The van der Waals surface area contributed by atoms with Gasteiger partial charge in [-0.2, -0.15) is 0 Å². The Labute approximate surface area is 69.9 Å². The van der Waals surface area contributed by atoms with Crippen molar-refractivity contribution in [1.29, 1.82) is 0 Å². The van der Waals surface area contributed by atoms with Crippen LogP contribution in [-0.2, 0) is 11.3 Å². The molecule has 0 aliphatic rings. The number of nitrogens with zero attached hydrogens (tertiary/aromatic N) is 2. The first kappa shape index (κ1) is 8.69. The average Bonchev–Trinajstić information content (AvgIpc) is 2.04. The van der Waals surface area contributed by atoms with Crippen molar-refractivity contribution in [2.24, 2.45) is 5.84 Å². The highest BCUT2D eigenvalue weighted by molar-refractivity contribution is 5.43. The highest BCUT2D eigenvalue weighted by atomic mass is 16.5. The molecule has 0 saturated carbocycles. The molecule has 1 aromatic rings. The van der Waals surface area contributed by atoms with Crippen molar-refractivity contribution in [3.63, 3.8) is 0 Å². The van der Waals surface area contributed by atoms with E-state index in [4.69, 9.17) is 16.3 Å². The molecule has 0 radical (unpaired) electrons. The van der Waals surface area contributed by atoms with Gasteiger partial charge in [0.25, 0.3) is 0 Å². The highest BCUT2D eigenvalue weighted by Gasteiger charge is 1.99. The molecule has 6 nitrogen and oxygen atoms in total. The molecule has 12 heavy (non-hydrogen) atoms. The molecule has 1 aromatic heterocycles. The topological polar surface area (TPSA) is 99.1 Å². The molecule has 0 unspecified atom stereocenters. The Morgan fingerprint density at radius 3 is 2.92 bits per heavy atom. The molecule has 0 aromatic carbocycles. The van der Waals surface area contributed by atoms with Gasteiger partial charge in [-0.25, -0.2) is 15.8 Å². The van der Waals surface area contributed by atoms with Crippen LogP contribution >= 0.6 is 0 Å². The highest BCUT2D eigenvalue weighted by Crippen LogP contribution is 2.06. The molecule has 0 bridgehead atoms. The van der Waals surface area contributed by atoms with Crippen LogP contribution in [0.15, 0.2) is 6.07 Å². The van der Waals surface area contributed by atoms with E-state index in [0.717, 1.165) is 0 Å². The first-order valence-electron chi connectivity index (χ1n) is 3.35. The molecule has 6 heteroatoms. The fraction of sp³-hybridized carbons (Fsp3) is 0.333. The third kappa shape index (κ3) is 2.04. The molecule has 0 fully saturated rings. The molecule has 0 atom stereocenters. The molecule has 1 rings (SSSR count). The van der Waals surface area contributed by atoms with Gasteiger partial charge in [0.1, 0.15) is 18.2 Å². The van der Waals surface area contributed by atoms with Crippen molar-refractivity contribution in [2.45, 2.75) is 6.61 Å². The van der Waals surface area contributed by atoms with Crippen molar-refractivity contribution >= 4 is 11.6 Å². The maximum Gasteiger partial charge on any atom is 0.158 e. The number of nitrogens with two attached hydrogens (primary N) is 2. The number of nitrogens with one attached hydrogen (secondary N) is 1. The Bertz CT molecular complexity index is 264. The van der Waals surface area contributed by atoms with E-state index in [1.165, 1.54) is 0 Å². The summed E-state index contributed by atoms with van der Waals surface area (Å²) in [4.78, 5) is 7.91. The van der Waals surface area contributed by atoms with Crippen molar-refractivity contribution < 1.29 is 4.74 Å². The van der Waals surface area contributed by atoms with Crippen LogP contribution < -0.4 is 17.0 Å². The van der Waals surface area contributed by atoms with E-state index in [9.17, 15) is 0 Å². The minimum atomic E-state index is 0.319. The second kappa shape index (κ2) is 3.84. The maximum atomic E-state index is 5.46. The van der Waals surface area contributed by atoms with Crippen LogP contribution in [0, 0.1) is 0 Å². The van der Waals surface area contributed by atoms with Crippen molar-refractivity contribution in [2.75, 3.05) is 18.3 Å². The molecular formula is C6H11N5O. The lowest BCUT2D eigenvalue weighted by Gasteiger charge is -2.03. The zero-order valence-corrected chi connectivity index (χ0v) is 6.74. The summed E-state index contributed by atoms with van der Waals surface area (Å²) in [7, 11) is 1.56. The van der Waals surface area contributed by atoms with Crippen LogP contribution in [0.2, 0.25) is 0 Å². The lowest BCUT2D eigenvalue weighted by Crippen LogP contribution is -2.11. The summed E-state index contributed by atoms with van der Waals surface area (Å²) >= 11 is 0. The maximum absolute atomic E-state index is 5.46. The number of hydrazine groups is 1. The van der Waals surface area contributed by atoms with E-state index < -0.39 is 0 Å². The first-order valence-corrected chi connectivity index (χ1v) is 3.35. The predicted molar refractivity (Wildman–Crippen MR) is 45.0 cm³/mol.